The molecule has 0 atom stereocenters. The van der Waals surface area contributed by atoms with Gasteiger partial charge in [0.15, 0.2) is 0 Å². The number of nitrogens with one attached hydrogen (secondary N) is 2. The van der Waals surface area contributed by atoms with Crippen molar-refractivity contribution in [1.82, 2.24) is 9.97 Å². The molecule has 0 unspecified atom stereocenters. The summed E-state index contributed by atoms with van der Waals surface area (Å²) < 4.78 is 42.6. The first-order valence-corrected chi connectivity index (χ1v) is 9.77. The highest BCUT2D eigenvalue weighted by atomic mass is 19.4. The van der Waals surface area contributed by atoms with Crippen molar-refractivity contribution in [1.29, 1.82) is 0 Å². The zero-order chi connectivity index (χ0) is 23.3. The number of hydrogen-bond acceptors (Lipinski definition) is 5. The molecule has 1 aromatic heterocycles. The van der Waals surface area contributed by atoms with Gasteiger partial charge in [0.25, 0.3) is 0 Å². The van der Waals surface area contributed by atoms with Gasteiger partial charge in [0.05, 0.1) is 5.52 Å². The Morgan fingerprint density at radius 3 is 2.30 bits per heavy atom. The second kappa shape index (κ2) is 9.39. The highest BCUT2D eigenvalue weighted by Gasteiger charge is 2.22. The highest BCUT2D eigenvalue weighted by Crippen LogP contribution is 2.28. The zero-order valence-electron chi connectivity index (χ0n) is 17.0. The van der Waals surface area contributed by atoms with Crippen LogP contribution >= 0.6 is 0 Å². The van der Waals surface area contributed by atoms with E-state index in [9.17, 15) is 18.0 Å². The summed E-state index contributed by atoms with van der Waals surface area (Å²) in [7, 11) is 0. The minimum absolute atomic E-state index is 0.120. The summed E-state index contributed by atoms with van der Waals surface area (Å²) in [6, 6.07) is 21.4. The number of nitrogens with zero attached hydrogens (tertiary/aromatic N) is 2. The van der Waals surface area contributed by atoms with Crippen LogP contribution in [0.2, 0.25) is 0 Å². The summed E-state index contributed by atoms with van der Waals surface area (Å²) in [4.78, 5) is 20.2. The van der Waals surface area contributed by atoms with Crippen molar-refractivity contribution in [2.75, 3.05) is 10.6 Å². The fourth-order valence-corrected chi connectivity index (χ4v) is 2.96. The highest BCUT2D eigenvalue weighted by molar-refractivity contribution is 6.01. The Balaban J connectivity index is 1.51. The Bertz CT molecular complexity index is 1290. The molecule has 0 aliphatic carbocycles. The fourth-order valence-electron chi connectivity index (χ4n) is 2.96. The van der Waals surface area contributed by atoms with Crippen LogP contribution in [0.15, 0.2) is 91.3 Å². The smallest absolute Gasteiger partial charge is 0.409 e. The molecule has 166 valence electrons. The molecule has 0 fully saturated rings. The van der Waals surface area contributed by atoms with E-state index in [4.69, 9.17) is 4.74 Å². The van der Waals surface area contributed by atoms with Crippen molar-refractivity contribution >= 4 is 34.0 Å². The van der Waals surface area contributed by atoms with Gasteiger partial charge in [0, 0.05) is 28.9 Å². The molecule has 0 saturated heterocycles. The number of fused-ring (bicyclic) bond motifs is 1. The van der Waals surface area contributed by atoms with E-state index in [0.29, 0.717) is 34.2 Å². The molecule has 9 heteroatoms. The topological polar surface area (TPSA) is 76.1 Å². The maximum Gasteiger partial charge on any atom is 0.409 e. The van der Waals surface area contributed by atoms with Crippen LogP contribution in [0.25, 0.3) is 10.9 Å². The van der Waals surface area contributed by atoms with Crippen LogP contribution in [0, 0.1) is 0 Å². The molecule has 33 heavy (non-hydrogen) atoms. The number of hydrogen-bond donors (Lipinski definition) is 2. The van der Waals surface area contributed by atoms with Gasteiger partial charge >= 0.3 is 6.18 Å². The molecule has 0 bridgehead atoms. The number of ether oxygens (including phenoxy) is 1. The third kappa shape index (κ3) is 6.07. The minimum Gasteiger partial charge on any atom is -0.457 e. The Morgan fingerprint density at radius 1 is 0.879 bits per heavy atom. The van der Waals surface area contributed by atoms with E-state index in [-0.39, 0.29) is 6.08 Å². The maximum absolute atomic E-state index is 12.3. The molecule has 2 N–H and O–H groups in total. The van der Waals surface area contributed by atoms with E-state index >= 15 is 0 Å². The number of anilines is 3. The number of rotatable bonds is 6. The van der Waals surface area contributed by atoms with Gasteiger partial charge in [0.2, 0.25) is 5.91 Å². The molecule has 0 spiro atoms. The molecule has 1 amide bonds. The summed E-state index contributed by atoms with van der Waals surface area (Å²) in [5.74, 6) is 0.960. The summed E-state index contributed by atoms with van der Waals surface area (Å²) >= 11 is 0. The zero-order valence-corrected chi connectivity index (χ0v) is 17.0. The summed E-state index contributed by atoms with van der Waals surface area (Å²) in [6.45, 7) is 0. The lowest BCUT2D eigenvalue weighted by Gasteiger charge is -2.11. The third-order valence-electron chi connectivity index (χ3n) is 4.42. The predicted octanol–water partition coefficient (Wildman–Crippen LogP) is 6.22. The average molecular weight is 450 g/mol. The lowest BCUT2D eigenvalue weighted by molar-refractivity contribution is -0.112. The van der Waals surface area contributed by atoms with Crippen LogP contribution in [0.5, 0.6) is 11.5 Å². The molecular formula is C24H17F3N4O2. The number of carbonyl (C=O) groups is 1. The van der Waals surface area contributed by atoms with Crippen LogP contribution in [0.4, 0.5) is 30.4 Å². The number of para-hydroxylation sites is 1. The number of benzene rings is 3. The van der Waals surface area contributed by atoms with Crippen LogP contribution in [0.3, 0.4) is 0 Å². The van der Waals surface area contributed by atoms with Crippen molar-refractivity contribution in [2.45, 2.75) is 6.18 Å². The van der Waals surface area contributed by atoms with Gasteiger partial charge in [-0.25, -0.2) is 9.97 Å². The van der Waals surface area contributed by atoms with Crippen LogP contribution in [0.1, 0.15) is 0 Å². The molecule has 4 rings (SSSR count). The number of carbonyl (C=O) groups excluding carboxylic acids is 1. The second-order valence-corrected chi connectivity index (χ2v) is 6.88. The average Bonchev–Trinajstić information content (AvgIpc) is 2.80. The number of allylic oxidation sites excluding steroid dienone is 1. The van der Waals surface area contributed by atoms with Crippen LogP contribution in [-0.2, 0) is 4.79 Å². The molecule has 0 aliphatic heterocycles. The second-order valence-electron chi connectivity index (χ2n) is 6.88. The Hall–Kier alpha value is -4.40. The van der Waals surface area contributed by atoms with Gasteiger partial charge in [-0.2, -0.15) is 13.2 Å². The van der Waals surface area contributed by atoms with Gasteiger partial charge in [-0.3, -0.25) is 4.79 Å². The van der Waals surface area contributed by atoms with Crippen molar-refractivity contribution in [3.05, 3.63) is 91.3 Å². The van der Waals surface area contributed by atoms with Crippen molar-refractivity contribution in [3.63, 3.8) is 0 Å². The number of amides is 1. The Kier molecular flexibility index (Phi) is 6.21. The summed E-state index contributed by atoms with van der Waals surface area (Å²) in [5, 5.41) is 6.17. The monoisotopic (exact) mass is 450 g/mol. The normalized spacial score (nSPS) is 11.5. The summed E-state index contributed by atoms with van der Waals surface area (Å²) in [6.07, 6.45) is -2.86. The molecule has 0 aliphatic rings. The number of alkyl halides is 3. The van der Waals surface area contributed by atoms with Gasteiger partial charge < -0.3 is 15.4 Å². The standard InChI is InChI=1S/C24H17F3N4O2/c25-24(26,27)13-12-22(32)30-17-8-11-21-20(14-17)23(29-15-28-21)31-16-6-9-19(10-7-16)33-18-4-2-1-3-5-18/h1-15H,(H,30,32)(H,28,29,31)/b13-12+. The number of aromatic nitrogens is 2. The van der Waals surface area contributed by atoms with E-state index in [1.54, 1.807) is 30.3 Å². The molecule has 1 heterocycles. The molecule has 0 saturated carbocycles. The predicted molar refractivity (Wildman–Crippen MR) is 120 cm³/mol. The van der Waals surface area contributed by atoms with Crippen molar-refractivity contribution in [3.8, 4) is 11.5 Å². The molecule has 6 nitrogen and oxygen atoms in total. The van der Waals surface area contributed by atoms with Gasteiger partial charge in [-0.05, 0) is 54.6 Å². The third-order valence-corrected chi connectivity index (χ3v) is 4.42. The first kappa shape index (κ1) is 21.8. The van der Waals surface area contributed by atoms with Crippen molar-refractivity contribution < 1.29 is 22.7 Å². The quantitative estimate of drug-likeness (QED) is 0.341. The SMILES string of the molecule is O=C(/C=C/C(F)(F)F)Nc1ccc2ncnc(Nc3ccc(Oc4ccccc4)cc3)c2c1. The first-order valence-electron chi connectivity index (χ1n) is 9.77. The summed E-state index contributed by atoms with van der Waals surface area (Å²) in [5.41, 5.74) is 1.64. The largest absolute Gasteiger partial charge is 0.457 e. The Morgan fingerprint density at radius 2 is 1.58 bits per heavy atom. The fraction of sp³-hybridized carbons (Fsp3) is 0.0417. The molecule has 3 aromatic carbocycles. The lowest BCUT2D eigenvalue weighted by Crippen LogP contribution is -2.10. The van der Waals surface area contributed by atoms with Gasteiger partial charge in [-0.1, -0.05) is 18.2 Å². The van der Waals surface area contributed by atoms with Crippen LogP contribution < -0.4 is 15.4 Å². The molecule has 0 radical (unpaired) electrons. The van der Waals surface area contributed by atoms with E-state index in [2.05, 4.69) is 20.6 Å². The lowest BCUT2D eigenvalue weighted by atomic mass is 10.2. The van der Waals surface area contributed by atoms with Crippen LogP contribution in [-0.4, -0.2) is 22.1 Å². The molecular weight excluding hydrogens is 433 g/mol. The van der Waals surface area contributed by atoms with E-state index in [1.165, 1.54) is 6.33 Å². The minimum atomic E-state index is -4.56. The number of halogens is 3. The van der Waals surface area contributed by atoms with Gasteiger partial charge in [0.1, 0.15) is 23.6 Å². The first-order chi connectivity index (χ1) is 15.9. The van der Waals surface area contributed by atoms with E-state index in [1.807, 2.05) is 42.5 Å². The van der Waals surface area contributed by atoms with Gasteiger partial charge in [-0.15, -0.1) is 0 Å². The Labute approximate surface area is 186 Å². The maximum atomic E-state index is 12.3. The van der Waals surface area contributed by atoms with Crippen molar-refractivity contribution in [2.24, 2.45) is 0 Å². The molecule has 4 aromatic rings. The van der Waals surface area contributed by atoms with E-state index in [0.717, 1.165) is 11.4 Å². The van der Waals surface area contributed by atoms with E-state index < -0.39 is 12.1 Å².